The molecule has 0 heterocycles. The molecule has 0 atom stereocenters. The minimum atomic E-state index is -0.499. The van der Waals surface area contributed by atoms with E-state index in [-0.39, 0.29) is 11.7 Å². The zero-order chi connectivity index (χ0) is 24.9. The predicted octanol–water partition coefficient (Wildman–Crippen LogP) is 2.87. The van der Waals surface area contributed by atoms with Gasteiger partial charge < -0.3 is 18.9 Å². The summed E-state index contributed by atoms with van der Waals surface area (Å²) in [5.74, 6) is 1.23. The molecule has 0 bridgehead atoms. The second-order valence-corrected chi connectivity index (χ2v) is 7.34. The Morgan fingerprint density at radius 3 is 2.17 bits per heavy atom. The van der Waals surface area contributed by atoms with Crippen LogP contribution in [-0.2, 0) is 4.79 Å². The number of hydrazine groups is 1. The van der Waals surface area contributed by atoms with Crippen molar-refractivity contribution in [2.45, 2.75) is 0 Å². The van der Waals surface area contributed by atoms with E-state index in [0.29, 0.717) is 36.0 Å². The maximum absolute atomic E-state index is 12.5. The second kappa shape index (κ2) is 13.4. The largest absolute Gasteiger partial charge is 0.493 e. The van der Waals surface area contributed by atoms with E-state index in [1.165, 1.54) is 7.11 Å². The second-order valence-electron chi connectivity index (χ2n) is 6.93. The first-order valence-corrected chi connectivity index (χ1v) is 11.0. The number of ether oxygens (including phenoxy) is 4. The summed E-state index contributed by atoms with van der Waals surface area (Å²) in [4.78, 5) is 24.5. The van der Waals surface area contributed by atoms with E-state index in [4.69, 9.17) is 31.2 Å². The van der Waals surface area contributed by atoms with Crippen LogP contribution >= 0.6 is 12.2 Å². The minimum absolute atomic E-state index is 0.0803. The number of hydrogen-bond donors (Lipinski definition) is 3. The Hall–Kier alpha value is -4.31. The summed E-state index contributed by atoms with van der Waals surface area (Å²) < 4.78 is 21.8. The highest BCUT2D eigenvalue weighted by molar-refractivity contribution is 7.80. The molecular formula is C25H25N3O6S. The Kier molecular flexibility index (Phi) is 9.70. The molecule has 0 aliphatic heterocycles. The van der Waals surface area contributed by atoms with Crippen LogP contribution in [-0.4, -0.2) is 43.9 Å². The van der Waals surface area contributed by atoms with Crippen LogP contribution in [0.4, 0.5) is 0 Å². The summed E-state index contributed by atoms with van der Waals surface area (Å²) in [5, 5.41) is 2.40. The molecule has 0 aromatic heterocycles. The van der Waals surface area contributed by atoms with Crippen LogP contribution < -0.4 is 35.1 Å². The first-order chi connectivity index (χ1) is 17.0. The number of rotatable bonds is 10. The van der Waals surface area contributed by atoms with Crippen LogP contribution in [0, 0.1) is 0 Å². The molecule has 0 saturated carbocycles. The average molecular weight is 496 g/mol. The zero-order valence-corrected chi connectivity index (χ0v) is 19.8. The zero-order valence-electron chi connectivity index (χ0n) is 19.0. The highest BCUT2D eigenvalue weighted by Crippen LogP contribution is 2.25. The van der Waals surface area contributed by atoms with Gasteiger partial charge in [-0.2, -0.15) is 0 Å². The van der Waals surface area contributed by atoms with Crippen molar-refractivity contribution in [3.8, 4) is 23.0 Å². The van der Waals surface area contributed by atoms with Gasteiger partial charge >= 0.3 is 0 Å². The topological polar surface area (TPSA) is 107 Å². The molecule has 3 rings (SSSR count). The quantitative estimate of drug-likeness (QED) is 0.224. The molecule has 182 valence electrons. The van der Waals surface area contributed by atoms with Gasteiger partial charge in [-0.3, -0.25) is 25.8 Å². The van der Waals surface area contributed by atoms with E-state index in [1.54, 1.807) is 48.5 Å². The SMILES string of the molecule is COc1ccccc1OCC(=O)NNC(=S)NC(=O)c1cccc(OCCOc2ccccc2)c1. The van der Waals surface area contributed by atoms with E-state index in [9.17, 15) is 9.59 Å². The molecule has 0 saturated heterocycles. The summed E-state index contributed by atoms with van der Waals surface area (Å²) in [5.41, 5.74) is 5.15. The van der Waals surface area contributed by atoms with Crippen LogP contribution in [0.1, 0.15) is 10.4 Å². The molecule has 0 aliphatic rings. The molecule has 35 heavy (non-hydrogen) atoms. The molecule has 0 unspecified atom stereocenters. The standard InChI is InChI=1S/C25H25N3O6S/c1-31-21-12-5-6-13-22(21)34-17-23(29)27-28-25(35)26-24(30)18-8-7-11-20(16-18)33-15-14-32-19-9-3-2-4-10-19/h2-13,16H,14-15,17H2,1H3,(H,27,29)(H2,26,28,30,35). The maximum Gasteiger partial charge on any atom is 0.276 e. The van der Waals surface area contributed by atoms with Gasteiger partial charge in [-0.25, -0.2) is 0 Å². The number of carbonyl (C=O) groups is 2. The van der Waals surface area contributed by atoms with Crippen molar-refractivity contribution in [2.75, 3.05) is 26.9 Å². The number of benzene rings is 3. The molecule has 0 aliphatic carbocycles. The van der Waals surface area contributed by atoms with Gasteiger partial charge in [0.15, 0.2) is 23.2 Å². The summed E-state index contributed by atoms with van der Waals surface area (Å²) in [7, 11) is 1.51. The smallest absolute Gasteiger partial charge is 0.276 e. The van der Waals surface area contributed by atoms with E-state index < -0.39 is 11.8 Å². The fourth-order valence-electron chi connectivity index (χ4n) is 2.81. The van der Waals surface area contributed by atoms with Gasteiger partial charge in [0, 0.05) is 5.56 Å². The molecular weight excluding hydrogens is 470 g/mol. The van der Waals surface area contributed by atoms with Gasteiger partial charge in [0.1, 0.15) is 24.7 Å². The molecule has 9 nitrogen and oxygen atoms in total. The highest BCUT2D eigenvalue weighted by Gasteiger charge is 2.11. The lowest BCUT2D eigenvalue weighted by Gasteiger charge is -2.13. The summed E-state index contributed by atoms with van der Waals surface area (Å²) >= 11 is 5.06. The lowest BCUT2D eigenvalue weighted by Crippen LogP contribution is -2.49. The maximum atomic E-state index is 12.5. The van der Waals surface area contributed by atoms with Gasteiger partial charge in [-0.15, -0.1) is 0 Å². The number of carbonyl (C=O) groups excluding carboxylic acids is 2. The van der Waals surface area contributed by atoms with Crippen LogP contribution in [0.25, 0.3) is 0 Å². The van der Waals surface area contributed by atoms with Gasteiger partial charge in [0.05, 0.1) is 7.11 Å². The number of methoxy groups -OCH3 is 1. The van der Waals surface area contributed by atoms with Crippen LogP contribution in [0.3, 0.4) is 0 Å². The molecule has 0 spiro atoms. The van der Waals surface area contributed by atoms with Crippen molar-refractivity contribution >= 4 is 29.1 Å². The Morgan fingerprint density at radius 1 is 0.771 bits per heavy atom. The van der Waals surface area contributed by atoms with Crippen LogP contribution in [0.15, 0.2) is 78.9 Å². The van der Waals surface area contributed by atoms with E-state index in [0.717, 1.165) is 5.75 Å². The Labute approximate surface area is 208 Å². The number of hydrogen-bond acceptors (Lipinski definition) is 7. The van der Waals surface area contributed by atoms with E-state index in [2.05, 4.69) is 16.2 Å². The fourth-order valence-corrected chi connectivity index (χ4v) is 2.96. The number of thiocarbonyl (C=S) groups is 1. The monoisotopic (exact) mass is 495 g/mol. The van der Waals surface area contributed by atoms with E-state index >= 15 is 0 Å². The van der Waals surface area contributed by atoms with Gasteiger partial charge in [0.2, 0.25) is 0 Å². The molecule has 10 heteroatoms. The van der Waals surface area contributed by atoms with Crippen LogP contribution in [0.2, 0.25) is 0 Å². The summed E-state index contributed by atoms with van der Waals surface area (Å²) in [6.45, 7) is 0.384. The summed E-state index contributed by atoms with van der Waals surface area (Å²) in [6.07, 6.45) is 0. The van der Waals surface area contributed by atoms with Crippen LogP contribution in [0.5, 0.6) is 23.0 Å². The van der Waals surface area contributed by atoms with Crippen molar-refractivity contribution in [1.82, 2.24) is 16.2 Å². The number of para-hydroxylation sites is 3. The molecule has 2 amide bonds. The van der Waals surface area contributed by atoms with Crippen molar-refractivity contribution in [3.63, 3.8) is 0 Å². The Bertz CT molecular complexity index is 1140. The Balaban J connectivity index is 1.38. The Morgan fingerprint density at radius 2 is 1.43 bits per heavy atom. The fraction of sp³-hybridized carbons (Fsp3) is 0.160. The van der Waals surface area contributed by atoms with Crippen molar-refractivity contribution in [1.29, 1.82) is 0 Å². The van der Waals surface area contributed by atoms with Crippen molar-refractivity contribution in [3.05, 3.63) is 84.4 Å². The third-order valence-electron chi connectivity index (χ3n) is 4.43. The highest BCUT2D eigenvalue weighted by atomic mass is 32.1. The number of nitrogens with one attached hydrogen (secondary N) is 3. The van der Waals surface area contributed by atoms with Crippen molar-refractivity contribution < 1.29 is 28.5 Å². The predicted molar refractivity (Wildman–Crippen MR) is 134 cm³/mol. The third kappa shape index (κ3) is 8.52. The molecule has 3 N–H and O–H groups in total. The first-order valence-electron chi connectivity index (χ1n) is 10.6. The van der Waals surface area contributed by atoms with Crippen molar-refractivity contribution in [2.24, 2.45) is 0 Å². The average Bonchev–Trinajstić information content (AvgIpc) is 2.89. The minimum Gasteiger partial charge on any atom is -0.493 e. The van der Waals surface area contributed by atoms with E-state index in [1.807, 2.05) is 30.3 Å². The molecule has 3 aromatic carbocycles. The molecule has 0 fully saturated rings. The molecule has 3 aromatic rings. The first kappa shape index (κ1) is 25.3. The lowest BCUT2D eigenvalue weighted by molar-refractivity contribution is -0.123. The lowest BCUT2D eigenvalue weighted by atomic mass is 10.2. The summed E-state index contributed by atoms with van der Waals surface area (Å²) in [6, 6.07) is 23.0. The normalized spacial score (nSPS) is 9.97. The van der Waals surface area contributed by atoms with Gasteiger partial charge in [-0.1, -0.05) is 36.4 Å². The van der Waals surface area contributed by atoms with Gasteiger partial charge in [-0.05, 0) is 54.7 Å². The third-order valence-corrected chi connectivity index (χ3v) is 4.63. The molecule has 0 radical (unpaired) electrons. The number of amides is 2. The van der Waals surface area contributed by atoms with Gasteiger partial charge in [0.25, 0.3) is 11.8 Å².